The van der Waals surface area contributed by atoms with E-state index in [0.29, 0.717) is 0 Å². The summed E-state index contributed by atoms with van der Waals surface area (Å²) in [6, 6.07) is 12.4. The van der Waals surface area contributed by atoms with Crippen molar-refractivity contribution in [2.45, 2.75) is 0 Å². The minimum Gasteiger partial charge on any atom is -0.497 e. The van der Waals surface area contributed by atoms with Crippen molar-refractivity contribution in [2.75, 3.05) is 7.11 Å². The van der Waals surface area contributed by atoms with Crippen LogP contribution in [0.5, 0.6) is 5.75 Å². The highest BCUT2D eigenvalue weighted by atomic mass is 79.9. The summed E-state index contributed by atoms with van der Waals surface area (Å²) in [4.78, 5) is 4.64. The number of rotatable bonds is 2. The van der Waals surface area contributed by atoms with Gasteiger partial charge in [0.25, 0.3) is 0 Å². The van der Waals surface area contributed by atoms with Gasteiger partial charge in [-0.2, -0.15) is 0 Å². The maximum Gasteiger partial charge on any atom is 0.119 e. The molecule has 17 heavy (non-hydrogen) atoms. The van der Waals surface area contributed by atoms with Crippen LogP contribution in [0.25, 0.3) is 21.5 Å². The average molecular weight is 308 g/mol. The largest absolute Gasteiger partial charge is 0.497 e. The van der Waals surface area contributed by atoms with E-state index in [9.17, 15) is 0 Å². The predicted molar refractivity (Wildman–Crippen MR) is 75.9 cm³/mol. The predicted octanol–water partition coefficient (Wildman–Crippen LogP) is 4.67. The molecule has 0 fully saturated rings. The molecule has 4 heteroatoms. The number of halogens is 1. The highest BCUT2D eigenvalue weighted by molar-refractivity contribution is 9.11. The normalized spacial score (nSPS) is 10.9. The molecular formula is C13H10BrNOS. The number of ether oxygens (including phenoxy) is 1. The Morgan fingerprint density at radius 1 is 1.18 bits per heavy atom. The number of thiophene rings is 1. The Morgan fingerprint density at radius 3 is 2.76 bits per heavy atom. The van der Waals surface area contributed by atoms with Gasteiger partial charge in [-0.05, 0) is 52.3 Å². The van der Waals surface area contributed by atoms with Gasteiger partial charge in [-0.25, -0.2) is 0 Å². The lowest BCUT2D eigenvalue weighted by molar-refractivity contribution is 0.415. The minimum atomic E-state index is 0.885. The van der Waals surface area contributed by atoms with Crippen LogP contribution in [0.3, 0.4) is 0 Å². The van der Waals surface area contributed by atoms with Crippen LogP contribution in [0.1, 0.15) is 0 Å². The molecule has 0 aliphatic heterocycles. The first kappa shape index (κ1) is 10.9. The van der Waals surface area contributed by atoms with E-state index < -0.39 is 0 Å². The summed E-state index contributed by atoms with van der Waals surface area (Å²) >= 11 is 5.20. The highest BCUT2D eigenvalue weighted by Crippen LogP contribution is 2.33. The van der Waals surface area contributed by atoms with E-state index in [1.807, 2.05) is 18.2 Å². The molecule has 0 saturated carbocycles. The Hall–Kier alpha value is -1.26. The first-order chi connectivity index (χ1) is 8.26. The van der Waals surface area contributed by atoms with Crippen LogP contribution < -0.4 is 4.74 Å². The third-order valence-corrected chi connectivity index (χ3v) is 4.32. The van der Waals surface area contributed by atoms with Crippen LogP contribution in [0, 0.1) is 0 Å². The van der Waals surface area contributed by atoms with E-state index in [0.717, 1.165) is 20.7 Å². The summed E-state index contributed by atoms with van der Waals surface area (Å²) in [6.07, 6.45) is 0. The number of aromatic nitrogens is 1. The van der Waals surface area contributed by atoms with E-state index in [2.05, 4.69) is 39.1 Å². The number of aromatic amines is 1. The first-order valence-corrected chi connectivity index (χ1v) is 6.80. The zero-order valence-electron chi connectivity index (χ0n) is 9.16. The van der Waals surface area contributed by atoms with E-state index in [1.165, 1.54) is 10.3 Å². The number of methoxy groups -OCH3 is 1. The van der Waals surface area contributed by atoms with Gasteiger partial charge in [0.1, 0.15) is 5.75 Å². The van der Waals surface area contributed by atoms with Gasteiger partial charge in [-0.15, -0.1) is 11.3 Å². The summed E-state index contributed by atoms with van der Waals surface area (Å²) in [5, 5.41) is 1.17. The van der Waals surface area contributed by atoms with Crippen molar-refractivity contribution in [2.24, 2.45) is 0 Å². The highest BCUT2D eigenvalue weighted by Gasteiger charge is 2.06. The van der Waals surface area contributed by atoms with Crippen molar-refractivity contribution in [1.82, 2.24) is 4.98 Å². The van der Waals surface area contributed by atoms with Crippen LogP contribution in [0.15, 0.2) is 40.2 Å². The minimum absolute atomic E-state index is 0.885. The van der Waals surface area contributed by atoms with Crippen molar-refractivity contribution in [3.05, 3.63) is 40.2 Å². The van der Waals surface area contributed by atoms with Crippen LogP contribution in [0.4, 0.5) is 0 Å². The molecule has 1 aromatic carbocycles. The van der Waals surface area contributed by atoms with E-state index in [4.69, 9.17) is 4.74 Å². The second-order valence-electron chi connectivity index (χ2n) is 3.74. The molecule has 0 bridgehead atoms. The number of fused-ring (bicyclic) bond motifs is 1. The van der Waals surface area contributed by atoms with Gasteiger partial charge in [0.05, 0.1) is 21.5 Å². The summed E-state index contributed by atoms with van der Waals surface area (Å²) in [5.74, 6) is 0.885. The zero-order chi connectivity index (χ0) is 11.8. The summed E-state index contributed by atoms with van der Waals surface area (Å²) in [6.45, 7) is 0. The quantitative estimate of drug-likeness (QED) is 0.731. The van der Waals surface area contributed by atoms with Crippen molar-refractivity contribution >= 4 is 38.2 Å². The van der Waals surface area contributed by atoms with Gasteiger partial charge < -0.3 is 9.72 Å². The standard InChI is InChI=1S/C13H10BrNOS/c1-16-9-2-3-10-8(6-9)7-11(15-10)12-4-5-13(14)17-12/h2-7,15H,1H3. The SMILES string of the molecule is COc1ccc2[nH]c(-c3ccc(Br)s3)cc2c1. The van der Waals surface area contributed by atoms with E-state index in [-0.39, 0.29) is 0 Å². The third kappa shape index (κ3) is 1.98. The number of hydrogen-bond donors (Lipinski definition) is 1. The third-order valence-electron chi connectivity index (χ3n) is 2.67. The van der Waals surface area contributed by atoms with Gasteiger partial charge >= 0.3 is 0 Å². The van der Waals surface area contributed by atoms with Gasteiger partial charge in [-0.3, -0.25) is 0 Å². The smallest absolute Gasteiger partial charge is 0.119 e. The molecule has 3 aromatic rings. The lowest BCUT2D eigenvalue weighted by Gasteiger charge is -1.97. The summed E-state index contributed by atoms with van der Waals surface area (Å²) in [5.41, 5.74) is 2.27. The summed E-state index contributed by atoms with van der Waals surface area (Å²) in [7, 11) is 1.69. The second kappa shape index (κ2) is 4.20. The van der Waals surface area contributed by atoms with E-state index in [1.54, 1.807) is 18.4 Å². The molecular weight excluding hydrogens is 298 g/mol. The number of hydrogen-bond acceptors (Lipinski definition) is 2. The monoisotopic (exact) mass is 307 g/mol. The molecule has 3 rings (SSSR count). The average Bonchev–Trinajstić information content (AvgIpc) is 2.93. The number of H-pyrrole nitrogens is 1. The topological polar surface area (TPSA) is 25.0 Å². The molecule has 1 N–H and O–H groups in total. The Bertz CT molecular complexity index is 671. The number of benzene rings is 1. The molecule has 86 valence electrons. The van der Waals surface area contributed by atoms with Crippen LogP contribution in [-0.4, -0.2) is 12.1 Å². The van der Waals surface area contributed by atoms with Crippen LogP contribution in [0.2, 0.25) is 0 Å². The molecule has 0 saturated heterocycles. The van der Waals surface area contributed by atoms with Crippen molar-refractivity contribution in [3.8, 4) is 16.3 Å². The zero-order valence-corrected chi connectivity index (χ0v) is 11.6. The van der Waals surface area contributed by atoms with Gasteiger partial charge in [0.15, 0.2) is 0 Å². The molecule has 2 nitrogen and oxygen atoms in total. The Morgan fingerprint density at radius 2 is 2.06 bits per heavy atom. The maximum atomic E-state index is 5.22. The molecule has 0 spiro atoms. The van der Waals surface area contributed by atoms with Gasteiger partial charge in [0.2, 0.25) is 0 Å². The molecule has 2 aromatic heterocycles. The second-order valence-corrected chi connectivity index (χ2v) is 6.20. The molecule has 2 heterocycles. The van der Waals surface area contributed by atoms with Crippen LogP contribution in [-0.2, 0) is 0 Å². The van der Waals surface area contributed by atoms with Crippen LogP contribution >= 0.6 is 27.3 Å². The molecule has 0 aliphatic rings. The Labute approximate surface area is 111 Å². The van der Waals surface area contributed by atoms with E-state index >= 15 is 0 Å². The molecule has 0 atom stereocenters. The fourth-order valence-electron chi connectivity index (χ4n) is 1.83. The van der Waals surface area contributed by atoms with Crippen molar-refractivity contribution in [1.29, 1.82) is 0 Å². The Balaban J connectivity index is 2.13. The molecule has 0 amide bonds. The number of nitrogens with one attached hydrogen (secondary N) is 1. The maximum absolute atomic E-state index is 5.22. The molecule has 0 aliphatic carbocycles. The lowest BCUT2D eigenvalue weighted by atomic mass is 10.2. The fourth-order valence-corrected chi connectivity index (χ4v) is 3.19. The Kier molecular flexibility index (Phi) is 2.68. The molecule has 0 radical (unpaired) electrons. The lowest BCUT2D eigenvalue weighted by Crippen LogP contribution is -1.80. The van der Waals surface area contributed by atoms with Crippen molar-refractivity contribution in [3.63, 3.8) is 0 Å². The van der Waals surface area contributed by atoms with Gasteiger partial charge in [-0.1, -0.05) is 0 Å². The van der Waals surface area contributed by atoms with Crippen molar-refractivity contribution < 1.29 is 4.74 Å². The van der Waals surface area contributed by atoms with Gasteiger partial charge in [0, 0.05) is 10.9 Å². The fraction of sp³-hybridized carbons (Fsp3) is 0.0769. The first-order valence-electron chi connectivity index (χ1n) is 5.19. The summed E-state index contributed by atoms with van der Waals surface area (Å²) < 4.78 is 6.36. The molecule has 0 unspecified atom stereocenters.